The predicted octanol–water partition coefficient (Wildman–Crippen LogP) is 4.03. The zero-order valence-corrected chi connectivity index (χ0v) is 18.1. The summed E-state index contributed by atoms with van der Waals surface area (Å²) in [6, 6.07) is 11.7. The molecule has 1 aliphatic rings. The van der Waals surface area contributed by atoms with E-state index in [1.165, 1.54) is 12.1 Å². The van der Waals surface area contributed by atoms with E-state index in [-0.39, 0.29) is 11.8 Å². The maximum atomic E-state index is 13.4. The fourth-order valence-corrected chi connectivity index (χ4v) is 3.82. The second-order valence-corrected chi connectivity index (χ2v) is 8.09. The van der Waals surface area contributed by atoms with Gasteiger partial charge in [0, 0.05) is 32.0 Å². The lowest BCUT2D eigenvalue weighted by Crippen LogP contribution is -2.52. The molecule has 3 heterocycles. The summed E-state index contributed by atoms with van der Waals surface area (Å²) in [4.78, 5) is 23.3. The van der Waals surface area contributed by atoms with Crippen molar-refractivity contribution in [2.24, 2.45) is 5.92 Å². The van der Waals surface area contributed by atoms with Gasteiger partial charge in [-0.15, -0.1) is 0 Å². The minimum atomic E-state index is -0.302. The van der Waals surface area contributed by atoms with Crippen LogP contribution in [-0.4, -0.2) is 41.1 Å². The summed E-state index contributed by atoms with van der Waals surface area (Å²) in [6.45, 7) is 3.62. The number of likely N-dealkylation sites (tertiary alicyclic amines) is 1. The fraction of sp³-hybridized carbons (Fsp3) is 0.292. The molecular weight excluding hydrogens is 409 g/mol. The topological polar surface area (TPSA) is 93.4 Å². The maximum Gasteiger partial charge on any atom is 0.323 e. The first-order chi connectivity index (χ1) is 15.4. The summed E-state index contributed by atoms with van der Waals surface area (Å²) in [5.74, 6) is 0.385. The Morgan fingerprint density at radius 3 is 2.75 bits per heavy atom. The van der Waals surface area contributed by atoms with Gasteiger partial charge in [0.15, 0.2) is 5.82 Å². The molecule has 0 radical (unpaired) electrons. The molecular formula is C24H26FN5O2. The second-order valence-electron chi connectivity index (χ2n) is 8.09. The number of nitrogens with two attached hydrogens (primary N) is 1. The number of ether oxygens (including phenoxy) is 1. The van der Waals surface area contributed by atoms with E-state index in [9.17, 15) is 9.18 Å². The monoisotopic (exact) mass is 435 g/mol. The minimum Gasteiger partial charge on any atom is -0.396 e. The molecule has 3 N–H and O–H groups in total. The standard InChI is InChI=1S/C24H26FN5O2/c1-15-9-18(25)4-6-20(15)22-8-7-21(26)23(28-22)29-24(31)30-12-17(13-30)10-16-3-5-19(14-32-2)27-11-16/h3-9,11,17H,10,12-14,26H2,1-2H3,(H,28,29,31). The van der Waals surface area contributed by atoms with Crippen LogP contribution in [0.5, 0.6) is 0 Å². The Morgan fingerprint density at radius 1 is 1.25 bits per heavy atom. The van der Waals surface area contributed by atoms with Gasteiger partial charge in [0.25, 0.3) is 0 Å². The molecule has 7 nitrogen and oxygen atoms in total. The van der Waals surface area contributed by atoms with Crippen LogP contribution in [0, 0.1) is 18.7 Å². The van der Waals surface area contributed by atoms with Gasteiger partial charge in [-0.05, 0) is 66.8 Å². The number of aromatic nitrogens is 2. The number of benzene rings is 1. The minimum absolute atomic E-state index is 0.234. The van der Waals surface area contributed by atoms with E-state index in [0.29, 0.717) is 42.8 Å². The molecule has 0 unspecified atom stereocenters. The average molecular weight is 436 g/mol. The van der Waals surface area contributed by atoms with Crippen molar-refractivity contribution in [2.45, 2.75) is 20.0 Å². The smallest absolute Gasteiger partial charge is 0.323 e. The number of hydrogen-bond donors (Lipinski definition) is 2. The molecule has 3 aromatic rings. The average Bonchev–Trinajstić information content (AvgIpc) is 2.73. The number of halogens is 1. The highest BCUT2D eigenvalue weighted by molar-refractivity contribution is 5.92. The first-order valence-corrected chi connectivity index (χ1v) is 10.4. The van der Waals surface area contributed by atoms with E-state index < -0.39 is 0 Å². The van der Waals surface area contributed by atoms with Gasteiger partial charge in [-0.1, -0.05) is 6.07 Å². The number of carbonyl (C=O) groups is 1. The lowest BCUT2D eigenvalue weighted by Gasteiger charge is -2.39. The van der Waals surface area contributed by atoms with Crippen LogP contribution in [0.25, 0.3) is 11.3 Å². The van der Waals surface area contributed by atoms with E-state index in [2.05, 4.69) is 21.4 Å². The number of methoxy groups -OCH3 is 1. The third kappa shape index (κ3) is 4.86. The number of nitrogens with one attached hydrogen (secondary N) is 1. The number of hydrogen-bond acceptors (Lipinski definition) is 5. The van der Waals surface area contributed by atoms with Crippen LogP contribution in [0.2, 0.25) is 0 Å². The predicted molar refractivity (Wildman–Crippen MR) is 122 cm³/mol. The van der Waals surface area contributed by atoms with Crippen LogP contribution in [0.3, 0.4) is 0 Å². The highest BCUT2D eigenvalue weighted by Gasteiger charge is 2.31. The van der Waals surface area contributed by atoms with Gasteiger partial charge >= 0.3 is 6.03 Å². The number of urea groups is 1. The van der Waals surface area contributed by atoms with Gasteiger partial charge in [0.05, 0.1) is 23.7 Å². The first kappa shape index (κ1) is 21.7. The molecule has 8 heteroatoms. The van der Waals surface area contributed by atoms with Gasteiger partial charge in [0.1, 0.15) is 5.82 Å². The molecule has 1 aromatic carbocycles. The molecule has 2 aromatic heterocycles. The van der Waals surface area contributed by atoms with Gasteiger partial charge in [-0.25, -0.2) is 14.2 Å². The largest absolute Gasteiger partial charge is 0.396 e. The Kier molecular flexibility index (Phi) is 6.32. The number of anilines is 2. The molecule has 4 rings (SSSR count). The van der Waals surface area contributed by atoms with E-state index in [0.717, 1.165) is 28.8 Å². The molecule has 0 spiro atoms. The molecule has 0 atom stereocenters. The normalized spacial score (nSPS) is 13.7. The Bertz CT molecular complexity index is 1110. The molecule has 2 amide bonds. The first-order valence-electron chi connectivity index (χ1n) is 10.4. The van der Waals surface area contributed by atoms with Crippen LogP contribution in [0.15, 0.2) is 48.7 Å². The van der Waals surface area contributed by atoms with Crippen molar-refractivity contribution in [1.82, 2.24) is 14.9 Å². The fourth-order valence-electron chi connectivity index (χ4n) is 3.82. The number of nitrogen functional groups attached to an aromatic ring is 1. The van der Waals surface area contributed by atoms with Crippen LogP contribution in [0.4, 0.5) is 20.7 Å². The Morgan fingerprint density at radius 2 is 2.06 bits per heavy atom. The number of rotatable bonds is 6. The van der Waals surface area contributed by atoms with E-state index in [1.54, 1.807) is 30.2 Å². The van der Waals surface area contributed by atoms with Gasteiger partial charge in [-0.3, -0.25) is 10.3 Å². The van der Waals surface area contributed by atoms with Crippen molar-refractivity contribution in [3.05, 3.63) is 71.3 Å². The number of amides is 2. The zero-order chi connectivity index (χ0) is 22.7. The maximum absolute atomic E-state index is 13.4. The van der Waals surface area contributed by atoms with Crippen molar-refractivity contribution in [3.8, 4) is 11.3 Å². The molecule has 32 heavy (non-hydrogen) atoms. The molecule has 1 saturated heterocycles. The van der Waals surface area contributed by atoms with Crippen LogP contribution in [0.1, 0.15) is 16.8 Å². The molecule has 0 saturated carbocycles. The zero-order valence-electron chi connectivity index (χ0n) is 18.1. The number of pyridine rings is 2. The quantitative estimate of drug-likeness (QED) is 0.610. The van der Waals surface area contributed by atoms with E-state index in [1.807, 2.05) is 19.2 Å². The SMILES string of the molecule is COCc1ccc(CC2CN(C(=O)Nc3nc(-c4ccc(F)cc4C)ccc3N)C2)cn1. The molecule has 0 bridgehead atoms. The second kappa shape index (κ2) is 9.32. The van der Waals surface area contributed by atoms with Crippen LogP contribution < -0.4 is 11.1 Å². The van der Waals surface area contributed by atoms with Crippen molar-refractivity contribution >= 4 is 17.5 Å². The van der Waals surface area contributed by atoms with Gasteiger partial charge in [0.2, 0.25) is 0 Å². The van der Waals surface area contributed by atoms with Gasteiger partial charge in [-0.2, -0.15) is 0 Å². The van der Waals surface area contributed by atoms with E-state index >= 15 is 0 Å². The van der Waals surface area contributed by atoms with Crippen LogP contribution in [-0.2, 0) is 17.8 Å². The summed E-state index contributed by atoms with van der Waals surface area (Å²) in [5.41, 5.74) is 10.6. The molecule has 1 fully saturated rings. The lowest BCUT2D eigenvalue weighted by molar-refractivity contribution is 0.131. The third-order valence-corrected chi connectivity index (χ3v) is 5.56. The Balaban J connectivity index is 1.35. The van der Waals surface area contributed by atoms with Crippen molar-refractivity contribution < 1.29 is 13.9 Å². The van der Waals surface area contributed by atoms with Crippen LogP contribution >= 0.6 is 0 Å². The van der Waals surface area contributed by atoms with Crippen molar-refractivity contribution in [1.29, 1.82) is 0 Å². The summed E-state index contributed by atoms with van der Waals surface area (Å²) in [6.07, 6.45) is 2.73. The highest BCUT2D eigenvalue weighted by Crippen LogP contribution is 2.27. The van der Waals surface area contributed by atoms with E-state index in [4.69, 9.17) is 10.5 Å². The summed E-state index contributed by atoms with van der Waals surface area (Å²) >= 11 is 0. The third-order valence-electron chi connectivity index (χ3n) is 5.56. The van der Waals surface area contributed by atoms with Gasteiger partial charge < -0.3 is 15.4 Å². The number of aryl methyl sites for hydroxylation is 1. The lowest BCUT2D eigenvalue weighted by atomic mass is 9.93. The van der Waals surface area contributed by atoms with Crippen molar-refractivity contribution in [2.75, 3.05) is 31.2 Å². The number of nitrogens with zero attached hydrogens (tertiary/aromatic N) is 3. The molecule has 1 aliphatic heterocycles. The molecule has 0 aliphatic carbocycles. The number of carbonyl (C=O) groups excluding carboxylic acids is 1. The Labute approximate surface area is 186 Å². The Hall–Kier alpha value is -3.52. The highest BCUT2D eigenvalue weighted by atomic mass is 19.1. The summed E-state index contributed by atoms with van der Waals surface area (Å²) in [7, 11) is 1.65. The summed E-state index contributed by atoms with van der Waals surface area (Å²) in [5, 5.41) is 2.81. The van der Waals surface area contributed by atoms with Crippen molar-refractivity contribution in [3.63, 3.8) is 0 Å². The molecule has 166 valence electrons. The summed E-state index contributed by atoms with van der Waals surface area (Å²) < 4.78 is 18.5.